The topological polar surface area (TPSA) is 52.1 Å². The molecule has 1 atom stereocenters. The first-order valence-corrected chi connectivity index (χ1v) is 11.8. The molecule has 1 heterocycles. The van der Waals surface area contributed by atoms with Gasteiger partial charge in [0.05, 0.1) is 13.2 Å². The van der Waals surface area contributed by atoms with E-state index in [-0.39, 0.29) is 24.0 Å². The molecule has 0 aromatic heterocycles. The molecule has 178 valence electrons. The first-order valence-electron chi connectivity index (χ1n) is 11.8. The van der Waals surface area contributed by atoms with Crippen LogP contribution in [-0.2, 0) is 11.3 Å². The molecule has 31 heavy (non-hydrogen) atoms. The molecule has 6 nitrogen and oxygen atoms in total. The summed E-state index contributed by atoms with van der Waals surface area (Å²) in [5.74, 6) is 1.31. The lowest BCUT2D eigenvalue weighted by atomic mass is 10.2. The van der Waals surface area contributed by atoms with E-state index < -0.39 is 0 Å². The fourth-order valence-electron chi connectivity index (χ4n) is 3.59. The number of unbranched alkanes of at least 4 members (excludes halogenated alkanes) is 1. The normalized spacial score (nSPS) is 16.5. The quantitative estimate of drug-likeness (QED) is 0.172. The van der Waals surface area contributed by atoms with E-state index in [4.69, 9.17) is 9.73 Å². The van der Waals surface area contributed by atoms with Crippen LogP contribution < -0.4 is 10.6 Å². The van der Waals surface area contributed by atoms with E-state index in [2.05, 4.69) is 53.3 Å². The van der Waals surface area contributed by atoms with E-state index >= 15 is 0 Å². The molecular weight excluding hydrogens is 501 g/mol. The Morgan fingerprint density at radius 1 is 1.03 bits per heavy atom. The maximum Gasteiger partial charge on any atom is 0.191 e. The van der Waals surface area contributed by atoms with Gasteiger partial charge >= 0.3 is 0 Å². The van der Waals surface area contributed by atoms with Crippen molar-refractivity contribution in [1.29, 1.82) is 0 Å². The van der Waals surface area contributed by atoms with Crippen LogP contribution in [0.5, 0.6) is 0 Å². The molecule has 1 aromatic rings. The third-order valence-electron chi connectivity index (χ3n) is 5.52. The predicted octanol–water partition coefficient (Wildman–Crippen LogP) is 3.43. The van der Waals surface area contributed by atoms with Crippen molar-refractivity contribution in [2.75, 3.05) is 65.5 Å². The summed E-state index contributed by atoms with van der Waals surface area (Å²) in [6.45, 7) is 17.8. The number of benzene rings is 1. The molecule has 1 aromatic carbocycles. The number of ether oxygens (including phenoxy) is 1. The minimum Gasteiger partial charge on any atom is -0.376 e. The van der Waals surface area contributed by atoms with Crippen molar-refractivity contribution in [1.82, 2.24) is 20.4 Å². The van der Waals surface area contributed by atoms with Crippen molar-refractivity contribution in [2.24, 2.45) is 10.9 Å². The molecule has 1 saturated heterocycles. The summed E-state index contributed by atoms with van der Waals surface area (Å²) in [6.07, 6.45) is 2.41. The van der Waals surface area contributed by atoms with Crippen LogP contribution in [0, 0.1) is 5.92 Å². The van der Waals surface area contributed by atoms with Gasteiger partial charge in [-0.05, 0) is 44.3 Å². The zero-order valence-electron chi connectivity index (χ0n) is 19.8. The van der Waals surface area contributed by atoms with Gasteiger partial charge in [0.25, 0.3) is 0 Å². The summed E-state index contributed by atoms with van der Waals surface area (Å²) in [4.78, 5) is 9.88. The molecule has 0 spiro atoms. The Hall–Kier alpha value is -0.900. The number of halogens is 1. The van der Waals surface area contributed by atoms with E-state index in [0.29, 0.717) is 12.5 Å². The van der Waals surface area contributed by atoms with Gasteiger partial charge in [0.2, 0.25) is 0 Å². The molecule has 0 amide bonds. The van der Waals surface area contributed by atoms with Gasteiger partial charge in [-0.25, -0.2) is 0 Å². The first kappa shape index (κ1) is 28.1. The van der Waals surface area contributed by atoms with Crippen LogP contribution in [0.2, 0.25) is 0 Å². The zero-order chi connectivity index (χ0) is 21.4. The second-order valence-electron chi connectivity index (χ2n) is 8.24. The smallest absolute Gasteiger partial charge is 0.191 e. The van der Waals surface area contributed by atoms with E-state index in [0.717, 1.165) is 32.2 Å². The maximum absolute atomic E-state index is 5.84. The van der Waals surface area contributed by atoms with Gasteiger partial charge in [-0.3, -0.25) is 4.99 Å². The summed E-state index contributed by atoms with van der Waals surface area (Å²) in [6, 6.07) is 10.3. The number of guanidine groups is 1. The number of rotatable bonds is 13. The molecular formula is C24H44IN5O. The standard InChI is InChI=1S/C24H43N5O.HI/c1-4-25-24(26-13-9-10-14-29-17-15-28(5-2)16-18-29)27-19-22(3)20-30-21-23-11-7-6-8-12-23;/h6-8,11-12,22H,4-5,9-10,13-21H2,1-3H3,(H2,25,26,27);1H. The summed E-state index contributed by atoms with van der Waals surface area (Å²) in [5, 5.41) is 6.84. The van der Waals surface area contributed by atoms with Gasteiger partial charge in [0, 0.05) is 45.8 Å². The maximum atomic E-state index is 5.84. The molecule has 0 aliphatic carbocycles. The highest BCUT2D eigenvalue weighted by Gasteiger charge is 2.14. The van der Waals surface area contributed by atoms with Crippen molar-refractivity contribution >= 4 is 29.9 Å². The van der Waals surface area contributed by atoms with E-state index in [1.807, 2.05) is 18.2 Å². The van der Waals surface area contributed by atoms with Crippen molar-refractivity contribution in [3.8, 4) is 0 Å². The van der Waals surface area contributed by atoms with Crippen molar-refractivity contribution in [3.63, 3.8) is 0 Å². The van der Waals surface area contributed by atoms with Gasteiger partial charge in [-0.15, -0.1) is 24.0 Å². The fourth-order valence-corrected chi connectivity index (χ4v) is 3.59. The van der Waals surface area contributed by atoms with E-state index in [1.165, 1.54) is 57.7 Å². The van der Waals surface area contributed by atoms with Crippen LogP contribution in [0.25, 0.3) is 0 Å². The Kier molecular flexibility index (Phi) is 16.0. The Bertz CT molecular complexity index is 579. The minimum atomic E-state index is 0. The summed E-state index contributed by atoms with van der Waals surface area (Å²) in [5.41, 5.74) is 1.22. The number of likely N-dealkylation sites (N-methyl/N-ethyl adjacent to an activating group) is 1. The average Bonchev–Trinajstić information content (AvgIpc) is 2.78. The van der Waals surface area contributed by atoms with Crippen LogP contribution in [0.15, 0.2) is 35.3 Å². The van der Waals surface area contributed by atoms with Crippen molar-refractivity contribution in [2.45, 2.75) is 40.2 Å². The summed E-state index contributed by atoms with van der Waals surface area (Å²) >= 11 is 0. The molecule has 7 heteroatoms. The lowest BCUT2D eigenvalue weighted by Gasteiger charge is -2.34. The Labute approximate surface area is 207 Å². The number of hydrogen-bond acceptors (Lipinski definition) is 4. The second kappa shape index (κ2) is 17.6. The summed E-state index contributed by atoms with van der Waals surface area (Å²) in [7, 11) is 0. The molecule has 0 saturated carbocycles. The highest BCUT2D eigenvalue weighted by Crippen LogP contribution is 2.04. The largest absolute Gasteiger partial charge is 0.376 e. The van der Waals surface area contributed by atoms with E-state index in [9.17, 15) is 0 Å². The third kappa shape index (κ3) is 12.7. The van der Waals surface area contributed by atoms with Gasteiger partial charge in [0.15, 0.2) is 5.96 Å². The molecule has 2 rings (SSSR count). The minimum absolute atomic E-state index is 0. The van der Waals surface area contributed by atoms with Crippen LogP contribution >= 0.6 is 24.0 Å². The monoisotopic (exact) mass is 545 g/mol. The van der Waals surface area contributed by atoms with Gasteiger partial charge in [0.1, 0.15) is 0 Å². The lowest BCUT2D eigenvalue weighted by molar-refractivity contribution is 0.0945. The molecule has 0 radical (unpaired) electrons. The van der Waals surface area contributed by atoms with E-state index in [1.54, 1.807) is 0 Å². The molecule has 0 bridgehead atoms. The molecule has 1 unspecified atom stereocenters. The number of hydrogen-bond donors (Lipinski definition) is 2. The zero-order valence-corrected chi connectivity index (χ0v) is 22.1. The Morgan fingerprint density at radius 2 is 1.74 bits per heavy atom. The average molecular weight is 546 g/mol. The molecule has 1 fully saturated rings. The van der Waals surface area contributed by atoms with Crippen LogP contribution in [0.4, 0.5) is 0 Å². The number of aliphatic imine (C=N–C) groups is 1. The van der Waals surface area contributed by atoms with Crippen LogP contribution in [0.3, 0.4) is 0 Å². The lowest BCUT2D eigenvalue weighted by Crippen LogP contribution is -2.46. The van der Waals surface area contributed by atoms with Crippen molar-refractivity contribution < 1.29 is 4.74 Å². The van der Waals surface area contributed by atoms with Crippen molar-refractivity contribution in [3.05, 3.63) is 35.9 Å². The van der Waals surface area contributed by atoms with Gasteiger partial charge < -0.3 is 25.2 Å². The fraction of sp³-hybridized carbons (Fsp3) is 0.708. The van der Waals surface area contributed by atoms with Gasteiger partial charge in [-0.2, -0.15) is 0 Å². The molecule has 2 N–H and O–H groups in total. The Balaban J connectivity index is 0.00000480. The highest BCUT2D eigenvalue weighted by atomic mass is 127. The molecule has 1 aliphatic rings. The second-order valence-corrected chi connectivity index (χ2v) is 8.24. The number of piperazine rings is 1. The SMILES string of the molecule is CCNC(=NCC(C)COCc1ccccc1)NCCCCN1CCN(CC)CC1.I. The third-order valence-corrected chi connectivity index (χ3v) is 5.52. The summed E-state index contributed by atoms with van der Waals surface area (Å²) < 4.78 is 5.84. The number of nitrogens with zero attached hydrogens (tertiary/aromatic N) is 3. The van der Waals surface area contributed by atoms with Crippen LogP contribution in [-0.4, -0.2) is 81.3 Å². The Morgan fingerprint density at radius 3 is 2.42 bits per heavy atom. The highest BCUT2D eigenvalue weighted by molar-refractivity contribution is 14.0. The van der Waals surface area contributed by atoms with Crippen LogP contribution in [0.1, 0.15) is 39.2 Å². The first-order chi connectivity index (χ1) is 14.7. The molecule has 1 aliphatic heterocycles. The number of nitrogens with one attached hydrogen (secondary N) is 2. The van der Waals surface area contributed by atoms with Gasteiger partial charge in [-0.1, -0.05) is 44.2 Å². The predicted molar refractivity (Wildman–Crippen MR) is 142 cm³/mol.